The summed E-state index contributed by atoms with van der Waals surface area (Å²) in [7, 11) is 1.63. The Kier molecular flexibility index (Phi) is 6.09. The molecule has 38 heavy (non-hydrogen) atoms. The van der Waals surface area contributed by atoms with E-state index in [0.717, 1.165) is 50.7 Å². The molecule has 2 aromatic heterocycles. The predicted molar refractivity (Wildman–Crippen MR) is 144 cm³/mol. The average molecular weight is 507 g/mol. The molecule has 1 atom stereocenters. The monoisotopic (exact) mass is 506 g/mol. The van der Waals surface area contributed by atoms with Crippen molar-refractivity contribution in [3.63, 3.8) is 0 Å². The van der Waals surface area contributed by atoms with Gasteiger partial charge in [-0.25, -0.2) is 15.0 Å². The van der Waals surface area contributed by atoms with Gasteiger partial charge in [-0.3, -0.25) is 4.79 Å². The van der Waals surface area contributed by atoms with E-state index in [1.165, 1.54) is 0 Å². The number of nitrogens with zero attached hydrogens (tertiary/aromatic N) is 3. The third kappa shape index (κ3) is 4.73. The van der Waals surface area contributed by atoms with E-state index in [-0.39, 0.29) is 17.8 Å². The second-order valence-corrected chi connectivity index (χ2v) is 9.22. The molecule has 0 saturated carbocycles. The lowest BCUT2D eigenvalue weighted by molar-refractivity contribution is 0.0950. The number of hydrogen-bond donors (Lipinski definition) is 3. The molecule has 1 amide bonds. The van der Waals surface area contributed by atoms with Crippen LogP contribution in [0.1, 0.15) is 33.2 Å². The molecular weight excluding hydrogens is 480 g/mol. The smallest absolute Gasteiger partial charge is 0.251 e. The Morgan fingerprint density at radius 1 is 1.11 bits per heavy atom. The molecule has 190 valence electrons. The molecule has 3 aromatic carbocycles. The van der Waals surface area contributed by atoms with Crippen LogP contribution < -0.4 is 20.5 Å². The van der Waals surface area contributed by atoms with Gasteiger partial charge >= 0.3 is 0 Å². The van der Waals surface area contributed by atoms with Gasteiger partial charge in [0.05, 0.1) is 36.4 Å². The molecule has 3 heterocycles. The molecule has 4 N–H and O–H groups in total. The highest BCUT2D eigenvalue weighted by Crippen LogP contribution is 2.33. The molecule has 0 fully saturated rings. The number of amides is 1. The lowest BCUT2D eigenvalue weighted by atomic mass is 9.94. The van der Waals surface area contributed by atoms with Crippen molar-refractivity contribution in [1.82, 2.24) is 25.3 Å². The van der Waals surface area contributed by atoms with Gasteiger partial charge in [0.15, 0.2) is 0 Å². The fraction of sp³-hybridized carbons (Fsp3) is 0.172. The van der Waals surface area contributed by atoms with Gasteiger partial charge < -0.3 is 25.5 Å². The average Bonchev–Trinajstić information content (AvgIpc) is 3.39. The number of hydrogen-bond acceptors (Lipinski definition) is 7. The van der Waals surface area contributed by atoms with Crippen LogP contribution in [0.15, 0.2) is 72.9 Å². The maximum atomic E-state index is 12.9. The summed E-state index contributed by atoms with van der Waals surface area (Å²) in [6.07, 6.45) is 2.36. The molecule has 0 saturated heterocycles. The second kappa shape index (κ2) is 9.85. The zero-order valence-corrected chi connectivity index (χ0v) is 20.8. The number of nitrogen functional groups attached to an aromatic ring is 1. The number of nitrogens with two attached hydrogens (primary N) is 1. The third-order valence-corrected chi connectivity index (χ3v) is 6.70. The molecule has 0 spiro atoms. The minimum Gasteiger partial charge on any atom is -0.497 e. The van der Waals surface area contributed by atoms with E-state index in [4.69, 9.17) is 20.2 Å². The molecule has 1 aliphatic rings. The number of ether oxygens (including phenoxy) is 2. The van der Waals surface area contributed by atoms with Crippen LogP contribution in [0.2, 0.25) is 0 Å². The van der Waals surface area contributed by atoms with Gasteiger partial charge in [-0.05, 0) is 66.1 Å². The molecule has 1 unspecified atom stereocenters. The van der Waals surface area contributed by atoms with Crippen molar-refractivity contribution in [2.24, 2.45) is 0 Å². The summed E-state index contributed by atoms with van der Waals surface area (Å²) in [5, 5.41) is 2.99. The minimum atomic E-state index is -0.132. The Labute approximate surface area is 219 Å². The molecule has 0 radical (unpaired) electrons. The summed E-state index contributed by atoms with van der Waals surface area (Å²) in [5.74, 6) is 2.56. The third-order valence-electron chi connectivity index (χ3n) is 6.70. The highest BCUT2D eigenvalue weighted by Gasteiger charge is 2.25. The number of benzene rings is 3. The zero-order valence-electron chi connectivity index (χ0n) is 20.8. The Morgan fingerprint density at radius 2 is 1.97 bits per heavy atom. The highest BCUT2D eigenvalue weighted by atomic mass is 16.5. The normalized spacial score (nSPS) is 14.5. The van der Waals surface area contributed by atoms with Gasteiger partial charge in [0.25, 0.3) is 5.91 Å². The fourth-order valence-electron chi connectivity index (χ4n) is 4.66. The number of nitrogens with one attached hydrogen (secondary N) is 2. The fourth-order valence-corrected chi connectivity index (χ4v) is 4.66. The lowest BCUT2D eigenvalue weighted by Crippen LogP contribution is -2.24. The first kappa shape index (κ1) is 23.5. The SMILES string of the molecule is COc1ccc(CNC(=O)c2ccc3c(c2)CC(c2nc4ccc(-c5ccnc(N)n5)cc4[nH]2)CO3)cc1. The van der Waals surface area contributed by atoms with E-state index in [0.29, 0.717) is 25.1 Å². The van der Waals surface area contributed by atoms with E-state index in [1.54, 1.807) is 19.4 Å². The van der Waals surface area contributed by atoms with Crippen molar-refractivity contribution in [3.05, 3.63) is 95.4 Å². The Morgan fingerprint density at radius 3 is 2.79 bits per heavy atom. The van der Waals surface area contributed by atoms with Gasteiger partial charge in [-0.1, -0.05) is 18.2 Å². The number of carbonyl (C=O) groups is 1. The van der Waals surface area contributed by atoms with Gasteiger partial charge in [0, 0.05) is 23.9 Å². The Bertz CT molecular complexity index is 1630. The maximum Gasteiger partial charge on any atom is 0.251 e. The molecule has 0 bridgehead atoms. The number of imidazole rings is 1. The standard InChI is InChI=1S/C29H26N6O3/c1-37-22-6-2-17(3-7-22)15-32-28(36)19-5-9-26-20(12-19)13-21(16-38-26)27-33-24-8-4-18(14-25(24)34-27)23-10-11-31-29(30)35-23/h2-12,14,21H,13,15-16H2,1H3,(H,32,36)(H,33,34)(H2,30,31,35). The van der Waals surface area contributed by atoms with Crippen LogP contribution in [0.3, 0.4) is 0 Å². The topological polar surface area (TPSA) is 128 Å². The Balaban J connectivity index is 1.17. The maximum absolute atomic E-state index is 12.9. The van der Waals surface area contributed by atoms with Crippen LogP contribution in [-0.4, -0.2) is 39.6 Å². The van der Waals surface area contributed by atoms with Crippen molar-refractivity contribution in [3.8, 4) is 22.8 Å². The van der Waals surface area contributed by atoms with E-state index in [1.807, 2.05) is 60.7 Å². The van der Waals surface area contributed by atoms with Gasteiger partial charge in [-0.2, -0.15) is 0 Å². The number of aromatic nitrogens is 4. The van der Waals surface area contributed by atoms with Crippen LogP contribution in [-0.2, 0) is 13.0 Å². The van der Waals surface area contributed by atoms with Crippen LogP contribution in [0.4, 0.5) is 5.95 Å². The van der Waals surface area contributed by atoms with Crippen molar-refractivity contribution in [1.29, 1.82) is 0 Å². The van der Waals surface area contributed by atoms with Crippen molar-refractivity contribution in [2.75, 3.05) is 19.5 Å². The summed E-state index contributed by atoms with van der Waals surface area (Å²) in [6, 6.07) is 21.0. The largest absolute Gasteiger partial charge is 0.497 e. The lowest BCUT2D eigenvalue weighted by Gasteiger charge is -2.24. The summed E-state index contributed by atoms with van der Waals surface area (Å²) in [4.78, 5) is 29.4. The first-order valence-corrected chi connectivity index (χ1v) is 12.3. The van der Waals surface area contributed by atoms with Crippen molar-refractivity contribution in [2.45, 2.75) is 18.9 Å². The summed E-state index contributed by atoms with van der Waals surface area (Å²) in [5.41, 5.74) is 11.8. The van der Waals surface area contributed by atoms with Crippen molar-refractivity contribution >= 4 is 22.9 Å². The van der Waals surface area contributed by atoms with Crippen molar-refractivity contribution < 1.29 is 14.3 Å². The minimum absolute atomic E-state index is 0.0330. The van der Waals surface area contributed by atoms with Crippen LogP contribution in [0.25, 0.3) is 22.3 Å². The molecule has 9 heteroatoms. The van der Waals surface area contributed by atoms with E-state index < -0.39 is 0 Å². The molecule has 9 nitrogen and oxygen atoms in total. The molecule has 0 aliphatic carbocycles. The van der Waals surface area contributed by atoms with E-state index in [2.05, 4.69) is 20.3 Å². The van der Waals surface area contributed by atoms with Crippen LogP contribution in [0.5, 0.6) is 11.5 Å². The summed E-state index contributed by atoms with van der Waals surface area (Å²) in [6.45, 7) is 0.937. The summed E-state index contributed by atoms with van der Waals surface area (Å²) >= 11 is 0. The molecule has 6 rings (SSSR count). The Hall–Kier alpha value is -4.92. The van der Waals surface area contributed by atoms with E-state index in [9.17, 15) is 4.79 Å². The number of anilines is 1. The number of carbonyl (C=O) groups excluding carboxylic acids is 1. The van der Waals surface area contributed by atoms with Crippen LogP contribution >= 0.6 is 0 Å². The van der Waals surface area contributed by atoms with Crippen LogP contribution in [0, 0.1) is 0 Å². The van der Waals surface area contributed by atoms with E-state index >= 15 is 0 Å². The molecule has 1 aliphatic heterocycles. The first-order chi connectivity index (χ1) is 18.6. The van der Waals surface area contributed by atoms with Gasteiger partial charge in [-0.15, -0.1) is 0 Å². The number of rotatable bonds is 6. The number of fused-ring (bicyclic) bond motifs is 2. The van der Waals surface area contributed by atoms with Gasteiger partial charge in [0.1, 0.15) is 17.3 Å². The number of methoxy groups -OCH3 is 1. The number of aromatic amines is 1. The summed E-state index contributed by atoms with van der Waals surface area (Å²) < 4.78 is 11.2. The molecule has 5 aromatic rings. The zero-order chi connectivity index (χ0) is 26.1. The first-order valence-electron chi connectivity index (χ1n) is 12.3. The van der Waals surface area contributed by atoms with Gasteiger partial charge in [0.2, 0.25) is 5.95 Å². The highest BCUT2D eigenvalue weighted by molar-refractivity contribution is 5.94. The number of H-pyrrole nitrogens is 1. The quantitative estimate of drug-likeness (QED) is 0.314. The molecular formula is C29H26N6O3. The second-order valence-electron chi connectivity index (χ2n) is 9.22. The predicted octanol–water partition coefficient (Wildman–Crippen LogP) is 4.26.